The molecule has 0 spiro atoms. The number of rotatable bonds is 6. The Morgan fingerprint density at radius 1 is 1.08 bits per heavy atom. The summed E-state index contributed by atoms with van der Waals surface area (Å²) in [6.45, 7) is 5.76. The van der Waals surface area contributed by atoms with E-state index in [0.717, 1.165) is 5.56 Å². The van der Waals surface area contributed by atoms with Gasteiger partial charge in [-0.2, -0.15) is 0 Å². The molecule has 0 aliphatic rings. The molecule has 2 aromatic rings. The summed E-state index contributed by atoms with van der Waals surface area (Å²) in [4.78, 5) is 24.0. The minimum atomic E-state index is -0.793. The van der Waals surface area contributed by atoms with Gasteiger partial charge in [0.15, 0.2) is 11.9 Å². The van der Waals surface area contributed by atoms with Crippen molar-refractivity contribution < 1.29 is 24.2 Å². The van der Waals surface area contributed by atoms with Gasteiger partial charge in [0, 0.05) is 0 Å². The van der Waals surface area contributed by atoms with E-state index in [1.807, 2.05) is 18.2 Å². The third kappa shape index (κ3) is 4.53. The molecule has 0 fully saturated rings. The lowest BCUT2D eigenvalue weighted by Crippen LogP contribution is -2.30. The molecule has 0 bridgehead atoms. The number of hydrogen-bond acceptors (Lipinski definition) is 5. The Morgan fingerprint density at radius 2 is 1.77 bits per heavy atom. The summed E-state index contributed by atoms with van der Waals surface area (Å²) < 4.78 is 10.3. The molecule has 2 aromatic carbocycles. The van der Waals surface area contributed by atoms with Gasteiger partial charge in [0.05, 0.1) is 12.8 Å². The van der Waals surface area contributed by atoms with Crippen LogP contribution in [0.3, 0.4) is 0 Å². The number of amides is 1. The number of methoxy groups -OCH3 is 1. The van der Waals surface area contributed by atoms with Crippen LogP contribution >= 0.6 is 0 Å². The zero-order valence-electron chi connectivity index (χ0n) is 15.3. The monoisotopic (exact) mass is 357 g/mol. The van der Waals surface area contributed by atoms with Gasteiger partial charge in [-0.25, -0.2) is 4.79 Å². The molecular weight excluding hydrogens is 334 g/mol. The van der Waals surface area contributed by atoms with Crippen molar-refractivity contribution >= 4 is 17.6 Å². The first kappa shape index (κ1) is 19.3. The second-order valence-electron chi connectivity index (χ2n) is 6.17. The summed E-state index contributed by atoms with van der Waals surface area (Å²) >= 11 is 0. The van der Waals surface area contributed by atoms with Crippen LogP contribution in [-0.4, -0.2) is 30.2 Å². The molecule has 1 amide bonds. The number of hydrogen-bond donors (Lipinski definition) is 2. The smallest absolute Gasteiger partial charge is 0.341 e. The van der Waals surface area contributed by atoms with E-state index < -0.39 is 18.0 Å². The Kier molecular flexibility index (Phi) is 6.22. The van der Waals surface area contributed by atoms with Crippen LogP contribution in [-0.2, 0) is 9.53 Å². The number of benzene rings is 2. The average Bonchev–Trinajstić information content (AvgIpc) is 2.62. The third-order valence-corrected chi connectivity index (χ3v) is 3.91. The molecule has 0 heterocycles. The van der Waals surface area contributed by atoms with E-state index in [1.54, 1.807) is 19.1 Å². The molecule has 0 aliphatic heterocycles. The molecule has 138 valence electrons. The van der Waals surface area contributed by atoms with E-state index in [1.165, 1.54) is 19.2 Å². The Balaban J connectivity index is 2.10. The summed E-state index contributed by atoms with van der Waals surface area (Å²) in [7, 11) is 1.22. The van der Waals surface area contributed by atoms with E-state index in [2.05, 4.69) is 23.9 Å². The van der Waals surface area contributed by atoms with Crippen molar-refractivity contribution in [3.63, 3.8) is 0 Å². The quantitative estimate of drug-likeness (QED) is 0.608. The molecule has 1 unspecified atom stereocenters. The lowest BCUT2D eigenvalue weighted by Gasteiger charge is -2.17. The molecule has 6 nitrogen and oxygen atoms in total. The van der Waals surface area contributed by atoms with Crippen LogP contribution in [0.4, 0.5) is 5.69 Å². The second kappa shape index (κ2) is 8.38. The standard InChI is InChI=1S/C20H23NO5/c1-12(2)14-7-5-8-15(11-14)26-13(3)19(23)21-17-10-6-9-16(18(17)22)20(24)25-4/h5-13,22H,1-4H3,(H,21,23). The number of anilines is 1. The largest absolute Gasteiger partial charge is 0.505 e. The van der Waals surface area contributed by atoms with Crippen molar-refractivity contribution in [1.29, 1.82) is 0 Å². The number of phenols is 1. The summed E-state index contributed by atoms with van der Waals surface area (Å²) in [6.07, 6.45) is -0.793. The molecule has 6 heteroatoms. The van der Waals surface area contributed by atoms with Gasteiger partial charge in [0.2, 0.25) is 0 Å². The maximum Gasteiger partial charge on any atom is 0.341 e. The van der Waals surface area contributed by atoms with Gasteiger partial charge in [-0.05, 0) is 42.7 Å². The van der Waals surface area contributed by atoms with Crippen LogP contribution in [0.2, 0.25) is 0 Å². The fraction of sp³-hybridized carbons (Fsp3) is 0.300. The Hall–Kier alpha value is -3.02. The third-order valence-electron chi connectivity index (χ3n) is 3.91. The fourth-order valence-corrected chi connectivity index (χ4v) is 2.36. The highest BCUT2D eigenvalue weighted by Crippen LogP contribution is 2.28. The SMILES string of the molecule is COC(=O)c1cccc(NC(=O)C(C)Oc2cccc(C(C)C)c2)c1O. The maximum absolute atomic E-state index is 12.4. The van der Waals surface area contributed by atoms with E-state index >= 15 is 0 Å². The second-order valence-corrected chi connectivity index (χ2v) is 6.17. The van der Waals surface area contributed by atoms with E-state index in [0.29, 0.717) is 11.7 Å². The zero-order chi connectivity index (χ0) is 19.3. The molecule has 0 aliphatic carbocycles. The predicted molar refractivity (Wildman–Crippen MR) is 98.7 cm³/mol. The fourth-order valence-electron chi connectivity index (χ4n) is 2.36. The number of aromatic hydroxyl groups is 1. The Bertz CT molecular complexity index is 801. The van der Waals surface area contributed by atoms with Gasteiger partial charge in [-0.3, -0.25) is 4.79 Å². The number of nitrogens with one attached hydrogen (secondary N) is 1. The maximum atomic E-state index is 12.4. The lowest BCUT2D eigenvalue weighted by molar-refractivity contribution is -0.122. The molecule has 0 aromatic heterocycles. The number of phenolic OH excluding ortho intramolecular Hbond substituents is 1. The molecule has 1 atom stereocenters. The van der Waals surface area contributed by atoms with Crippen LogP contribution < -0.4 is 10.1 Å². The Labute approximate surface area is 152 Å². The zero-order valence-corrected chi connectivity index (χ0v) is 15.3. The molecule has 26 heavy (non-hydrogen) atoms. The molecular formula is C20H23NO5. The highest BCUT2D eigenvalue weighted by molar-refractivity contribution is 5.99. The molecule has 0 saturated heterocycles. The molecule has 2 N–H and O–H groups in total. The van der Waals surface area contributed by atoms with Gasteiger partial charge >= 0.3 is 5.97 Å². The minimum absolute atomic E-state index is 0.0245. The van der Waals surface area contributed by atoms with Crippen LogP contribution in [0, 0.1) is 0 Å². The van der Waals surface area contributed by atoms with Gasteiger partial charge in [0.25, 0.3) is 5.91 Å². The number of ether oxygens (including phenoxy) is 2. The number of para-hydroxylation sites is 1. The summed E-state index contributed by atoms with van der Waals surface area (Å²) in [5, 5.41) is 12.7. The number of carbonyl (C=O) groups excluding carboxylic acids is 2. The van der Waals surface area contributed by atoms with E-state index in [4.69, 9.17) is 4.74 Å². The van der Waals surface area contributed by atoms with Gasteiger partial charge in [-0.15, -0.1) is 0 Å². The average molecular weight is 357 g/mol. The summed E-state index contributed by atoms with van der Waals surface area (Å²) in [5.74, 6) is -0.542. The van der Waals surface area contributed by atoms with Crippen LogP contribution in [0.5, 0.6) is 11.5 Å². The van der Waals surface area contributed by atoms with Crippen LogP contribution in [0.25, 0.3) is 0 Å². The summed E-state index contributed by atoms with van der Waals surface area (Å²) in [6, 6.07) is 12.0. The summed E-state index contributed by atoms with van der Waals surface area (Å²) in [5.41, 5.74) is 1.20. The van der Waals surface area contributed by atoms with Crippen molar-refractivity contribution in [1.82, 2.24) is 0 Å². The van der Waals surface area contributed by atoms with Crippen LogP contribution in [0.1, 0.15) is 42.6 Å². The van der Waals surface area contributed by atoms with Crippen LogP contribution in [0.15, 0.2) is 42.5 Å². The van der Waals surface area contributed by atoms with E-state index in [-0.39, 0.29) is 17.0 Å². The van der Waals surface area contributed by atoms with Crippen molar-refractivity contribution in [3.05, 3.63) is 53.6 Å². The highest BCUT2D eigenvalue weighted by atomic mass is 16.5. The predicted octanol–water partition coefficient (Wildman–Crippen LogP) is 3.71. The first-order valence-electron chi connectivity index (χ1n) is 8.31. The normalized spacial score (nSPS) is 11.7. The van der Waals surface area contributed by atoms with E-state index in [9.17, 15) is 14.7 Å². The highest BCUT2D eigenvalue weighted by Gasteiger charge is 2.20. The van der Waals surface area contributed by atoms with Crippen molar-refractivity contribution in [2.75, 3.05) is 12.4 Å². The number of carbonyl (C=O) groups is 2. The first-order chi connectivity index (χ1) is 12.3. The van der Waals surface area contributed by atoms with Gasteiger partial charge < -0.3 is 19.9 Å². The van der Waals surface area contributed by atoms with Crippen molar-refractivity contribution in [2.24, 2.45) is 0 Å². The molecule has 0 saturated carbocycles. The lowest BCUT2D eigenvalue weighted by atomic mass is 10.0. The van der Waals surface area contributed by atoms with Crippen molar-refractivity contribution in [3.8, 4) is 11.5 Å². The van der Waals surface area contributed by atoms with Gasteiger partial charge in [-0.1, -0.05) is 32.0 Å². The molecule has 0 radical (unpaired) electrons. The Morgan fingerprint density at radius 3 is 2.42 bits per heavy atom. The minimum Gasteiger partial charge on any atom is -0.505 e. The van der Waals surface area contributed by atoms with Gasteiger partial charge in [0.1, 0.15) is 11.3 Å². The molecule has 2 rings (SSSR count). The number of esters is 1. The topological polar surface area (TPSA) is 84.9 Å². The van der Waals surface area contributed by atoms with Crippen molar-refractivity contribution in [2.45, 2.75) is 32.8 Å². The first-order valence-corrected chi connectivity index (χ1v) is 8.31.